The van der Waals surface area contributed by atoms with Crippen molar-refractivity contribution in [2.24, 2.45) is 0 Å². The molecule has 0 N–H and O–H groups in total. The maximum Gasteiger partial charge on any atom is -0.00262 e. The van der Waals surface area contributed by atoms with Gasteiger partial charge in [-0.2, -0.15) is 0 Å². The van der Waals surface area contributed by atoms with Crippen molar-refractivity contribution in [1.29, 1.82) is 0 Å². The lowest BCUT2D eigenvalue weighted by Gasteiger charge is -2.18. The third kappa shape index (κ3) is 11.1. The van der Waals surface area contributed by atoms with E-state index >= 15 is 0 Å². The highest BCUT2D eigenvalue weighted by molar-refractivity contribution is 6.24. The molecule has 0 amide bonds. The van der Waals surface area contributed by atoms with Gasteiger partial charge in [-0.15, -0.1) is 0 Å². The van der Waals surface area contributed by atoms with Crippen molar-refractivity contribution in [3.8, 4) is 100 Å². The van der Waals surface area contributed by atoms with Gasteiger partial charge in [0, 0.05) is 0 Å². The summed E-state index contributed by atoms with van der Waals surface area (Å²) in [4.78, 5) is 0. The smallest absolute Gasteiger partial charge is 0.00262 e. The van der Waals surface area contributed by atoms with E-state index in [0.717, 1.165) is 0 Å². The van der Waals surface area contributed by atoms with E-state index in [2.05, 4.69) is 413 Å². The molecular weight excluding hydrogens is 1270 g/mol. The van der Waals surface area contributed by atoms with Crippen molar-refractivity contribution in [2.75, 3.05) is 0 Å². The molecule has 0 heteroatoms. The monoisotopic (exact) mass is 1340 g/mol. The third-order valence-corrected chi connectivity index (χ3v) is 22.0. The highest BCUT2D eigenvalue weighted by Crippen LogP contribution is 2.48. The zero-order chi connectivity index (χ0) is 70.0. The Hall–Kier alpha value is -13.8. The van der Waals surface area contributed by atoms with E-state index in [1.54, 1.807) is 0 Å². The first-order valence-corrected chi connectivity index (χ1v) is 36.7. The van der Waals surface area contributed by atoms with Crippen LogP contribution in [0.15, 0.2) is 413 Å². The molecule has 0 fully saturated rings. The molecule has 21 aromatic carbocycles. The number of fused-ring (bicyclic) bond motifs is 11. The molecule has 492 valence electrons. The molecule has 0 atom stereocenters. The molecule has 0 aliphatic heterocycles. The van der Waals surface area contributed by atoms with Gasteiger partial charge in [0.15, 0.2) is 0 Å². The van der Waals surface area contributed by atoms with Crippen LogP contribution in [0.3, 0.4) is 0 Å². The van der Waals surface area contributed by atoms with Gasteiger partial charge in [0.25, 0.3) is 0 Å². The molecule has 21 rings (SSSR count). The molecule has 0 saturated carbocycles. The summed E-state index contributed by atoms with van der Waals surface area (Å²) in [6.45, 7) is 0. The predicted molar refractivity (Wildman–Crippen MR) is 457 cm³/mol. The van der Waals surface area contributed by atoms with Crippen LogP contribution in [0.2, 0.25) is 0 Å². The molecule has 0 aliphatic carbocycles. The second-order valence-corrected chi connectivity index (χ2v) is 28.2. The van der Waals surface area contributed by atoms with Crippen LogP contribution in [0.5, 0.6) is 0 Å². The largest absolute Gasteiger partial charge is 0.0622 e. The van der Waals surface area contributed by atoms with Crippen LogP contribution >= 0.6 is 0 Å². The Bertz CT molecular complexity index is 6920. The molecule has 0 radical (unpaired) electrons. The summed E-state index contributed by atoms with van der Waals surface area (Å²) in [6.07, 6.45) is 0. The lowest BCUT2D eigenvalue weighted by Crippen LogP contribution is -1.91. The van der Waals surface area contributed by atoms with Crippen molar-refractivity contribution in [1.82, 2.24) is 0 Å². The quantitative estimate of drug-likeness (QED) is 0.0998. The average molecular weight is 1340 g/mol. The fourth-order valence-corrected chi connectivity index (χ4v) is 16.9. The molecule has 0 nitrogen and oxygen atoms in total. The van der Waals surface area contributed by atoms with Gasteiger partial charge in [-0.25, -0.2) is 0 Å². The first kappa shape index (κ1) is 62.0. The van der Waals surface area contributed by atoms with Gasteiger partial charge in [0.05, 0.1) is 0 Å². The molecular formula is C106H68. The van der Waals surface area contributed by atoms with E-state index in [-0.39, 0.29) is 0 Å². The molecule has 0 aliphatic rings. The van der Waals surface area contributed by atoms with Crippen LogP contribution in [-0.2, 0) is 0 Å². The zero-order valence-corrected chi connectivity index (χ0v) is 58.3. The van der Waals surface area contributed by atoms with Gasteiger partial charge in [-0.05, 0) is 256 Å². The van der Waals surface area contributed by atoms with Gasteiger partial charge >= 0.3 is 0 Å². The van der Waals surface area contributed by atoms with E-state index < -0.39 is 0 Å². The van der Waals surface area contributed by atoms with E-state index in [9.17, 15) is 0 Å². The van der Waals surface area contributed by atoms with Gasteiger partial charge < -0.3 is 0 Å². The summed E-state index contributed by atoms with van der Waals surface area (Å²) in [5.74, 6) is 0. The summed E-state index contributed by atoms with van der Waals surface area (Å²) >= 11 is 0. The van der Waals surface area contributed by atoms with Crippen molar-refractivity contribution in [3.63, 3.8) is 0 Å². The highest BCUT2D eigenvalue weighted by Gasteiger charge is 2.21. The number of hydrogen-bond donors (Lipinski definition) is 0. The molecule has 0 bridgehead atoms. The number of rotatable bonds is 9. The molecule has 0 heterocycles. The molecule has 0 saturated heterocycles. The number of benzene rings is 21. The van der Waals surface area contributed by atoms with Crippen molar-refractivity contribution >= 4 is 108 Å². The second-order valence-electron chi connectivity index (χ2n) is 28.2. The Morgan fingerprint density at radius 2 is 0.340 bits per heavy atom. The van der Waals surface area contributed by atoms with E-state index in [0.29, 0.717) is 0 Å². The van der Waals surface area contributed by atoms with Gasteiger partial charge in [0.2, 0.25) is 0 Å². The Morgan fingerprint density at radius 3 is 0.783 bits per heavy atom. The Morgan fingerprint density at radius 1 is 0.0943 bits per heavy atom. The fourth-order valence-electron chi connectivity index (χ4n) is 16.9. The van der Waals surface area contributed by atoms with E-state index in [4.69, 9.17) is 0 Å². The summed E-state index contributed by atoms with van der Waals surface area (Å²) in [5.41, 5.74) is 22.3. The molecule has 0 unspecified atom stereocenters. The Labute approximate surface area is 616 Å². The maximum absolute atomic E-state index is 2.39. The molecule has 21 aromatic rings. The minimum absolute atomic E-state index is 1.21. The lowest BCUT2D eigenvalue weighted by atomic mass is 9.85. The zero-order valence-electron chi connectivity index (χ0n) is 58.3. The first-order valence-electron chi connectivity index (χ1n) is 36.7. The van der Waals surface area contributed by atoms with Crippen LogP contribution in [0.25, 0.3) is 208 Å². The topological polar surface area (TPSA) is 0 Å². The summed E-state index contributed by atoms with van der Waals surface area (Å²) < 4.78 is 0. The fraction of sp³-hybridized carbons (Fsp3) is 0. The van der Waals surface area contributed by atoms with Crippen molar-refractivity contribution in [3.05, 3.63) is 413 Å². The van der Waals surface area contributed by atoms with Crippen LogP contribution in [0, 0.1) is 0 Å². The normalized spacial score (nSPS) is 11.6. The van der Waals surface area contributed by atoms with Crippen LogP contribution < -0.4 is 0 Å². The standard InChI is InChI=1S/C60H38.C46H30/c1-2-12-45-35-46(32-25-39(45)11-1)41-23-30-44(31-24-41)59-54-17-7-9-19-56(54)60(57-20-10-8-18-55(57)59)49-34-27-42-26-33-47(36-50(42)37-49)40-21-28-43(29-22-40)58-38-48-13-3-4-14-51(48)52-15-5-6-16-53(52)58;1-2-11-31(12-3-1)35-15-10-16-38(28-35)45-41-17-6-8-19-43(41)46(44-20-9-7-18-42(44)45)39-26-23-33-22-25-37(29-40(33)30-39)36-24-21-32-13-4-5-14-34(32)27-36/h1-38H;1-30H. The van der Waals surface area contributed by atoms with Crippen LogP contribution in [-0.4, -0.2) is 0 Å². The third-order valence-electron chi connectivity index (χ3n) is 22.0. The Balaban J connectivity index is 0.000000145. The first-order chi connectivity index (χ1) is 52.5. The summed E-state index contributed by atoms with van der Waals surface area (Å²) in [5, 5.41) is 25.3. The van der Waals surface area contributed by atoms with E-state index in [1.165, 1.54) is 208 Å². The molecule has 0 spiro atoms. The number of hydrogen-bond acceptors (Lipinski definition) is 0. The van der Waals surface area contributed by atoms with Crippen LogP contribution in [0.1, 0.15) is 0 Å². The lowest BCUT2D eigenvalue weighted by molar-refractivity contribution is 1.61. The van der Waals surface area contributed by atoms with Crippen LogP contribution in [0.4, 0.5) is 0 Å². The minimum atomic E-state index is 1.21. The predicted octanol–water partition coefficient (Wildman–Crippen LogP) is 29.9. The summed E-state index contributed by atoms with van der Waals surface area (Å²) in [6, 6.07) is 152. The van der Waals surface area contributed by atoms with Gasteiger partial charge in [-0.3, -0.25) is 0 Å². The molecule has 106 heavy (non-hydrogen) atoms. The highest BCUT2D eigenvalue weighted by atomic mass is 14.2. The maximum atomic E-state index is 2.39. The summed E-state index contributed by atoms with van der Waals surface area (Å²) in [7, 11) is 0. The Kier molecular flexibility index (Phi) is 15.4. The average Bonchev–Trinajstić information content (AvgIpc) is 0.739. The van der Waals surface area contributed by atoms with Crippen molar-refractivity contribution < 1.29 is 0 Å². The molecule has 0 aromatic heterocycles. The van der Waals surface area contributed by atoms with Gasteiger partial charge in [0.1, 0.15) is 0 Å². The SMILES string of the molecule is c1ccc(-c2cccc(-c3c4ccccc4c(-c4ccc5ccc(-c6ccc7ccccc7c6)cc5c4)c4ccccc34)c2)cc1.c1ccc2cc(-c3ccc(-c4c5ccccc5c(-c5ccc6ccc(-c7ccc(-c8cc9ccccc9c9ccccc89)cc7)cc6c5)c5ccccc45)cc3)ccc2c1. The van der Waals surface area contributed by atoms with E-state index in [1.807, 2.05) is 0 Å². The van der Waals surface area contributed by atoms with Gasteiger partial charge in [-0.1, -0.05) is 364 Å². The second kappa shape index (κ2) is 26.2. The van der Waals surface area contributed by atoms with Crippen molar-refractivity contribution in [2.45, 2.75) is 0 Å². The minimum Gasteiger partial charge on any atom is -0.0622 e.